The first-order valence-corrected chi connectivity index (χ1v) is 6.01. The summed E-state index contributed by atoms with van der Waals surface area (Å²) in [7, 11) is 1.31. The highest BCUT2D eigenvalue weighted by molar-refractivity contribution is 5.86. The molecular weight excluding hydrogens is 238 g/mol. The third kappa shape index (κ3) is 3.51. The Labute approximate surface area is 105 Å². The average Bonchev–Trinajstić information content (AvgIpc) is 2.88. The van der Waals surface area contributed by atoms with Gasteiger partial charge in [0.05, 0.1) is 26.5 Å². The number of esters is 1. The summed E-state index contributed by atoms with van der Waals surface area (Å²) in [6.45, 7) is 1.78. The van der Waals surface area contributed by atoms with E-state index in [1.165, 1.54) is 13.3 Å². The van der Waals surface area contributed by atoms with Crippen molar-refractivity contribution in [1.82, 2.24) is 15.0 Å². The second-order valence-electron chi connectivity index (χ2n) is 4.03. The fourth-order valence-corrected chi connectivity index (χ4v) is 1.73. The number of nitrogens with zero attached hydrogens (tertiary/aromatic N) is 3. The van der Waals surface area contributed by atoms with Crippen molar-refractivity contribution in [3.05, 3.63) is 11.9 Å². The van der Waals surface area contributed by atoms with E-state index in [1.807, 2.05) is 0 Å². The Balaban J connectivity index is 1.72. The van der Waals surface area contributed by atoms with Crippen LogP contribution in [0.2, 0.25) is 0 Å². The van der Waals surface area contributed by atoms with Crippen molar-refractivity contribution in [3.8, 4) is 0 Å². The van der Waals surface area contributed by atoms with Crippen molar-refractivity contribution < 1.29 is 19.0 Å². The molecule has 0 aromatic carbocycles. The molecule has 100 valence electrons. The summed E-state index contributed by atoms with van der Waals surface area (Å²) in [5, 5.41) is 7.52. The van der Waals surface area contributed by atoms with E-state index in [1.54, 1.807) is 4.68 Å². The van der Waals surface area contributed by atoms with Crippen LogP contribution in [0.5, 0.6) is 0 Å². The van der Waals surface area contributed by atoms with E-state index in [-0.39, 0.29) is 12.0 Å². The molecule has 0 amide bonds. The van der Waals surface area contributed by atoms with Crippen LogP contribution in [0, 0.1) is 0 Å². The molecule has 1 unspecified atom stereocenters. The van der Waals surface area contributed by atoms with E-state index in [4.69, 9.17) is 9.47 Å². The lowest BCUT2D eigenvalue weighted by atomic mass is 10.2. The zero-order valence-corrected chi connectivity index (χ0v) is 10.4. The average molecular weight is 255 g/mol. The fourth-order valence-electron chi connectivity index (χ4n) is 1.73. The highest BCUT2D eigenvalue weighted by atomic mass is 16.7. The molecule has 0 bridgehead atoms. The Kier molecular flexibility index (Phi) is 4.66. The van der Waals surface area contributed by atoms with E-state index in [2.05, 4.69) is 15.0 Å². The highest BCUT2D eigenvalue weighted by Gasteiger charge is 2.14. The van der Waals surface area contributed by atoms with Crippen LogP contribution in [0.1, 0.15) is 29.8 Å². The minimum Gasteiger partial charge on any atom is -0.464 e. The largest absolute Gasteiger partial charge is 0.464 e. The van der Waals surface area contributed by atoms with Gasteiger partial charge in [-0.15, -0.1) is 5.10 Å². The van der Waals surface area contributed by atoms with Gasteiger partial charge in [0.25, 0.3) is 0 Å². The second-order valence-corrected chi connectivity index (χ2v) is 4.03. The quantitative estimate of drug-likeness (QED) is 0.717. The maximum absolute atomic E-state index is 11.2. The van der Waals surface area contributed by atoms with Gasteiger partial charge in [-0.25, -0.2) is 9.48 Å². The van der Waals surface area contributed by atoms with Crippen molar-refractivity contribution in [2.24, 2.45) is 0 Å². The number of carbonyl (C=O) groups excluding carboxylic acids is 1. The third-order valence-corrected chi connectivity index (χ3v) is 2.70. The van der Waals surface area contributed by atoms with Gasteiger partial charge in [-0.05, 0) is 19.3 Å². The molecule has 1 aliphatic rings. The van der Waals surface area contributed by atoms with Gasteiger partial charge in [-0.1, -0.05) is 5.21 Å². The van der Waals surface area contributed by atoms with Gasteiger partial charge < -0.3 is 14.2 Å². The Morgan fingerprint density at radius 1 is 1.61 bits per heavy atom. The van der Waals surface area contributed by atoms with Crippen LogP contribution in [0.25, 0.3) is 0 Å². The predicted octanol–water partition coefficient (Wildman–Crippen LogP) is 0.608. The molecule has 7 nitrogen and oxygen atoms in total. The van der Waals surface area contributed by atoms with Gasteiger partial charge in [0.15, 0.2) is 12.0 Å². The van der Waals surface area contributed by atoms with Crippen LogP contribution >= 0.6 is 0 Å². The summed E-state index contributed by atoms with van der Waals surface area (Å²) >= 11 is 0. The van der Waals surface area contributed by atoms with Crippen LogP contribution < -0.4 is 0 Å². The molecule has 0 saturated carbocycles. The number of hydrogen-bond donors (Lipinski definition) is 0. The monoisotopic (exact) mass is 255 g/mol. The molecule has 2 heterocycles. The minimum atomic E-state index is -0.488. The van der Waals surface area contributed by atoms with Gasteiger partial charge in [0.2, 0.25) is 0 Å². The standard InChI is InChI=1S/C11H17N3O4/c1-16-11(15)9-8-14(13-12-9)5-7-18-10-4-2-3-6-17-10/h8,10H,2-7H2,1H3. The van der Waals surface area contributed by atoms with Crippen molar-refractivity contribution in [3.63, 3.8) is 0 Å². The van der Waals surface area contributed by atoms with E-state index < -0.39 is 5.97 Å². The lowest BCUT2D eigenvalue weighted by Gasteiger charge is -2.22. The second kappa shape index (κ2) is 6.46. The summed E-state index contributed by atoms with van der Waals surface area (Å²) in [6.07, 6.45) is 4.61. The molecule has 1 atom stereocenters. The van der Waals surface area contributed by atoms with Crippen molar-refractivity contribution in [2.75, 3.05) is 20.3 Å². The predicted molar refractivity (Wildman–Crippen MR) is 60.9 cm³/mol. The van der Waals surface area contributed by atoms with Crippen LogP contribution in [0.4, 0.5) is 0 Å². The fraction of sp³-hybridized carbons (Fsp3) is 0.727. The molecule has 7 heteroatoms. The summed E-state index contributed by atoms with van der Waals surface area (Å²) < 4.78 is 17.1. The van der Waals surface area contributed by atoms with Crippen LogP contribution in [0.15, 0.2) is 6.20 Å². The van der Waals surface area contributed by atoms with Gasteiger partial charge in [-0.3, -0.25) is 0 Å². The topological polar surface area (TPSA) is 75.5 Å². The van der Waals surface area contributed by atoms with E-state index >= 15 is 0 Å². The number of hydrogen-bond acceptors (Lipinski definition) is 6. The number of aromatic nitrogens is 3. The smallest absolute Gasteiger partial charge is 0.360 e. The molecule has 1 aromatic rings. The SMILES string of the molecule is COC(=O)c1cn(CCOC2CCCCO2)nn1. The Bertz CT molecular complexity index is 387. The van der Waals surface area contributed by atoms with E-state index in [0.29, 0.717) is 13.2 Å². The lowest BCUT2D eigenvalue weighted by molar-refractivity contribution is -0.163. The Morgan fingerprint density at radius 2 is 2.50 bits per heavy atom. The molecule has 18 heavy (non-hydrogen) atoms. The summed E-state index contributed by atoms with van der Waals surface area (Å²) in [5.41, 5.74) is 0.200. The summed E-state index contributed by atoms with van der Waals surface area (Å²) in [4.78, 5) is 11.2. The summed E-state index contributed by atoms with van der Waals surface area (Å²) in [6, 6.07) is 0. The molecule has 0 aliphatic carbocycles. The van der Waals surface area contributed by atoms with Crippen LogP contribution in [-0.2, 0) is 20.8 Å². The van der Waals surface area contributed by atoms with Gasteiger partial charge in [-0.2, -0.15) is 0 Å². The number of ether oxygens (including phenoxy) is 3. The molecule has 0 N–H and O–H groups in total. The number of rotatable bonds is 5. The third-order valence-electron chi connectivity index (χ3n) is 2.70. The van der Waals surface area contributed by atoms with E-state index in [9.17, 15) is 4.79 Å². The maximum atomic E-state index is 11.2. The molecule has 1 aliphatic heterocycles. The first-order chi connectivity index (χ1) is 8.79. The first kappa shape index (κ1) is 13.0. The van der Waals surface area contributed by atoms with Crippen molar-refractivity contribution in [2.45, 2.75) is 32.1 Å². The molecule has 0 radical (unpaired) electrons. The Hall–Kier alpha value is -1.47. The minimum absolute atomic E-state index is 0.109. The van der Waals surface area contributed by atoms with Gasteiger partial charge >= 0.3 is 5.97 Å². The first-order valence-electron chi connectivity index (χ1n) is 6.01. The van der Waals surface area contributed by atoms with Gasteiger partial charge in [0, 0.05) is 6.61 Å². The van der Waals surface area contributed by atoms with Crippen LogP contribution in [0.3, 0.4) is 0 Å². The molecule has 0 spiro atoms. The number of carbonyl (C=O) groups is 1. The molecule has 2 rings (SSSR count). The Morgan fingerprint density at radius 3 is 3.22 bits per heavy atom. The van der Waals surface area contributed by atoms with Crippen LogP contribution in [-0.4, -0.2) is 47.6 Å². The zero-order chi connectivity index (χ0) is 12.8. The van der Waals surface area contributed by atoms with Crippen molar-refractivity contribution in [1.29, 1.82) is 0 Å². The highest BCUT2D eigenvalue weighted by Crippen LogP contribution is 2.13. The maximum Gasteiger partial charge on any atom is 0.360 e. The van der Waals surface area contributed by atoms with Gasteiger partial charge in [0.1, 0.15) is 0 Å². The molecule has 1 aromatic heterocycles. The molecular formula is C11H17N3O4. The normalized spacial score (nSPS) is 19.7. The lowest BCUT2D eigenvalue weighted by Crippen LogP contribution is -2.24. The van der Waals surface area contributed by atoms with E-state index in [0.717, 1.165) is 25.9 Å². The zero-order valence-electron chi connectivity index (χ0n) is 10.4. The molecule has 1 saturated heterocycles. The number of methoxy groups -OCH3 is 1. The van der Waals surface area contributed by atoms with Crippen molar-refractivity contribution >= 4 is 5.97 Å². The molecule has 1 fully saturated rings. The summed E-state index contributed by atoms with van der Waals surface area (Å²) in [5.74, 6) is -0.488.